The van der Waals surface area contributed by atoms with Crippen LogP contribution in [0.15, 0.2) is 53.1 Å². The highest BCUT2D eigenvalue weighted by molar-refractivity contribution is 5.94. The van der Waals surface area contributed by atoms with E-state index in [1.165, 1.54) is 10.8 Å². The van der Waals surface area contributed by atoms with Crippen molar-refractivity contribution in [2.75, 3.05) is 6.54 Å². The molecule has 3 heteroatoms. The molecule has 0 fully saturated rings. The normalized spacial score (nSPS) is 11.7. The third-order valence-electron chi connectivity index (χ3n) is 4.07. The van der Waals surface area contributed by atoms with Gasteiger partial charge in [0, 0.05) is 18.2 Å². The molecule has 3 aromatic rings. The van der Waals surface area contributed by atoms with Crippen molar-refractivity contribution in [2.24, 2.45) is 0 Å². The molecule has 0 N–H and O–H groups in total. The van der Waals surface area contributed by atoms with Crippen molar-refractivity contribution in [1.29, 1.82) is 0 Å². The molecule has 0 spiro atoms. The summed E-state index contributed by atoms with van der Waals surface area (Å²) in [6, 6.07) is 15.1. The fraction of sp³-hybridized carbons (Fsp3) is 0.316. The maximum atomic E-state index is 5.75. The summed E-state index contributed by atoms with van der Waals surface area (Å²) in [6.07, 6.45) is 1.78. The van der Waals surface area contributed by atoms with Gasteiger partial charge in [-0.2, -0.15) is 0 Å². The van der Waals surface area contributed by atoms with Gasteiger partial charge in [0.05, 0.1) is 5.69 Å². The van der Waals surface area contributed by atoms with Gasteiger partial charge in [-0.1, -0.05) is 43.3 Å². The van der Waals surface area contributed by atoms with Crippen LogP contribution in [0.5, 0.6) is 0 Å². The summed E-state index contributed by atoms with van der Waals surface area (Å²) in [4.78, 5) is 7.06. The lowest BCUT2D eigenvalue weighted by Crippen LogP contribution is -2.30. The fourth-order valence-corrected chi connectivity index (χ4v) is 2.78. The summed E-state index contributed by atoms with van der Waals surface area (Å²) in [6.45, 7) is 8.41. The Balaban J connectivity index is 1.93. The van der Waals surface area contributed by atoms with E-state index in [9.17, 15) is 0 Å². The lowest BCUT2D eigenvalue weighted by Gasteiger charge is -2.23. The van der Waals surface area contributed by atoms with E-state index >= 15 is 0 Å². The molecule has 0 bridgehead atoms. The van der Waals surface area contributed by atoms with Crippen molar-refractivity contribution < 1.29 is 4.42 Å². The Morgan fingerprint density at radius 3 is 2.64 bits per heavy atom. The Kier molecular flexibility index (Phi) is 4.25. The minimum atomic E-state index is 0.503. The Labute approximate surface area is 131 Å². The SMILES string of the molecule is CCN(Cc1coc(-c2cccc3ccccc23)n1)C(C)C. The molecule has 114 valence electrons. The van der Waals surface area contributed by atoms with Crippen LogP contribution in [0.2, 0.25) is 0 Å². The van der Waals surface area contributed by atoms with Gasteiger partial charge in [-0.25, -0.2) is 4.98 Å². The van der Waals surface area contributed by atoms with Crippen LogP contribution in [0.3, 0.4) is 0 Å². The van der Waals surface area contributed by atoms with Gasteiger partial charge in [-0.15, -0.1) is 0 Å². The molecule has 0 radical (unpaired) electrons. The van der Waals surface area contributed by atoms with Crippen molar-refractivity contribution in [2.45, 2.75) is 33.4 Å². The van der Waals surface area contributed by atoms with E-state index in [-0.39, 0.29) is 0 Å². The van der Waals surface area contributed by atoms with E-state index in [4.69, 9.17) is 9.40 Å². The van der Waals surface area contributed by atoms with E-state index in [1.807, 2.05) is 12.1 Å². The molecule has 0 aliphatic rings. The van der Waals surface area contributed by atoms with Crippen LogP contribution >= 0.6 is 0 Å². The van der Waals surface area contributed by atoms with Crippen LogP contribution in [0.25, 0.3) is 22.2 Å². The number of benzene rings is 2. The number of hydrogen-bond acceptors (Lipinski definition) is 3. The Hall–Kier alpha value is -2.13. The molecule has 0 saturated heterocycles. The zero-order valence-corrected chi connectivity index (χ0v) is 13.4. The van der Waals surface area contributed by atoms with Crippen LogP contribution in [0, 0.1) is 0 Å². The van der Waals surface area contributed by atoms with Crippen LogP contribution in [-0.2, 0) is 6.54 Å². The Morgan fingerprint density at radius 2 is 1.86 bits per heavy atom. The highest BCUT2D eigenvalue weighted by Gasteiger charge is 2.13. The third kappa shape index (κ3) is 2.90. The highest BCUT2D eigenvalue weighted by atomic mass is 16.3. The highest BCUT2D eigenvalue weighted by Crippen LogP contribution is 2.28. The molecule has 0 saturated carbocycles. The number of rotatable bonds is 5. The van der Waals surface area contributed by atoms with Crippen LogP contribution in [-0.4, -0.2) is 22.5 Å². The number of hydrogen-bond donors (Lipinski definition) is 0. The second-order valence-corrected chi connectivity index (χ2v) is 5.83. The summed E-state index contributed by atoms with van der Waals surface area (Å²) in [5.74, 6) is 0.701. The average Bonchev–Trinajstić information content (AvgIpc) is 3.00. The Morgan fingerprint density at radius 1 is 1.09 bits per heavy atom. The standard InChI is InChI=1S/C19H22N2O/c1-4-21(14(2)3)12-16-13-22-19(20-16)18-11-7-9-15-8-5-6-10-17(15)18/h5-11,13-14H,4,12H2,1-3H3. The molecule has 2 aromatic carbocycles. The first kappa shape index (κ1) is 14.8. The van der Waals surface area contributed by atoms with E-state index in [0.29, 0.717) is 11.9 Å². The lowest BCUT2D eigenvalue weighted by atomic mass is 10.0. The zero-order valence-electron chi connectivity index (χ0n) is 13.4. The van der Waals surface area contributed by atoms with E-state index < -0.39 is 0 Å². The molecule has 0 aliphatic heterocycles. The molecule has 0 atom stereocenters. The smallest absolute Gasteiger partial charge is 0.226 e. The summed E-state index contributed by atoms with van der Waals surface area (Å²) in [7, 11) is 0. The van der Waals surface area contributed by atoms with Crippen molar-refractivity contribution in [3.8, 4) is 11.5 Å². The van der Waals surface area contributed by atoms with Gasteiger partial charge < -0.3 is 4.42 Å². The second-order valence-electron chi connectivity index (χ2n) is 5.83. The average molecular weight is 294 g/mol. The first-order valence-electron chi connectivity index (χ1n) is 7.85. The molecule has 0 amide bonds. The molecule has 3 nitrogen and oxygen atoms in total. The van der Waals surface area contributed by atoms with Crippen LogP contribution in [0.1, 0.15) is 26.5 Å². The largest absolute Gasteiger partial charge is 0.444 e. The summed E-state index contributed by atoms with van der Waals surface area (Å²) < 4.78 is 5.75. The number of aromatic nitrogens is 1. The van der Waals surface area contributed by atoms with Crippen molar-refractivity contribution >= 4 is 10.8 Å². The topological polar surface area (TPSA) is 29.3 Å². The summed E-state index contributed by atoms with van der Waals surface area (Å²) in [5, 5.41) is 2.38. The van der Waals surface area contributed by atoms with Gasteiger partial charge in [0.1, 0.15) is 6.26 Å². The zero-order chi connectivity index (χ0) is 15.5. The van der Waals surface area contributed by atoms with Crippen molar-refractivity contribution in [1.82, 2.24) is 9.88 Å². The van der Waals surface area contributed by atoms with Crippen LogP contribution in [0.4, 0.5) is 0 Å². The predicted molar refractivity (Wildman–Crippen MR) is 90.7 cm³/mol. The van der Waals surface area contributed by atoms with Gasteiger partial charge in [-0.05, 0) is 37.2 Å². The maximum Gasteiger partial charge on any atom is 0.226 e. The molecular weight excluding hydrogens is 272 g/mol. The third-order valence-corrected chi connectivity index (χ3v) is 4.07. The first-order valence-corrected chi connectivity index (χ1v) is 7.85. The lowest BCUT2D eigenvalue weighted by molar-refractivity contribution is 0.222. The molecule has 1 aromatic heterocycles. The number of oxazole rings is 1. The molecule has 22 heavy (non-hydrogen) atoms. The van der Waals surface area contributed by atoms with Gasteiger partial charge >= 0.3 is 0 Å². The van der Waals surface area contributed by atoms with E-state index in [1.54, 1.807) is 6.26 Å². The molecular formula is C19H22N2O. The maximum absolute atomic E-state index is 5.75. The van der Waals surface area contributed by atoms with Gasteiger partial charge in [0.2, 0.25) is 5.89 Å². The predicted octanol–water partition coefficient (Wildman–Crippen LogP) is 4.73. The monoisotopic (exact) mass is 294 g/mol. The molecule has 1 heterocycles. The molecule has 0 aliphatic carbocycles. The minimum Gasteiger partial charge on any atom is -0.444 e. The van der Waals surface area contributed by atoms with Gasteiger partial charge in [0.25, 0.3) is 0 Å². The first-order chi connectivity index (χ1) is 10.7. The molecule has 0 unspecified atom stereocenters. The second kappa shape index (κ2) is 6.32. The summed E-state index contributed by atoms with van der Waals surface area (Å²) >= 11 is 0. The minimum absolute atomic E-state index is 0.503. The number of fused-ring (bicyclic) bond motifs is 1. The molecule has 3 rings (SSSR count). The fourth-order valence-electron chi connectivity index (χ4n) is 2.78. The van der Waals surface area contributed by atoms with Crippen molar-refractivity contribution in [3.63, 3.8) is 0 Å². The van der Waals surface area contributed by atoms with Gasteiger partial charge in [-0.3, -0.25) is 4.90 Å². The Bertz CT molecular complexity index is 755. The van der Waals surface area contributed by atoms with Gasteiger partial charge in [0.15, 0.2) is 0 Å². The number of nitrogens with zero attached hydrogens (tertiary/aromatic N) is 2. The quantitative estimate of drug-likeness (QED) is 0.681. The van der Waals surface area contributed by atoms with Crippen LogP contribution < -0.4 is 0 Å². The summed E-state index contributed by atoms with van der Waals surface area (Å²) in [5.41, 5.74) is 2.04. The van der Waals surface area contributed by atoms with E-state index in [0.717, 1.165) is 24.3 Å². The van der Waals surface area contributed by atoms with Crippen molar-refractivity contribution in [3.05, 3.63) is 54.4 Å². The van der Waals surface area contributed by atoms with E-state index in [2.05, 4.69) is 56.0 Å².